The molecule has 1 amide bonds. The van der Waals surface area contributed by atoms with E-state index in [-0.39, 0.29) is 25.6 Å². The van der Waals surface area contributed by atoms with Gasteiger partial charge in [-0.2, -0.15) is 0 Å². The van der Waals surface area contributed by atoms with Crippen LogP contribution in [0.1, 0.15) is 23.5 Å². The van der Waals surface area contributed by atoms with E-state index in [0.717, 1.165) is 22.3 Å². The zero-order valence-electron chi connectivity index (χ0n) is 17.8. The van der Waals surface area contributed by atoms with Gasteiger partial charge < -0.3 is 24.6 Å². The summed E-state index contributed by atoms with van der Waals surface area (Å²) >= 11 is 0. The fourth-order valence-electron chi connectivity index (χ4n) is 4.45. The van der Waals surface area contributed by atoms with Gasteiger partial charge in [0.25, 0.3) is 0 Å². The maximum absolute atomic E-state index is 12.5. The highest BCUT2D eigenvalue weighted by Gasteiger charge is 2.31. The van der Waals surface area contributed by atoms with E-state index in [4.69, 9.17) is 14.2 Å². The van der Waals surface area contributed by atoms with Crippen LogP contribution in [0.4, 0.5) is 4.79 Å². The van der Waals surface area contributed by atoms with Crippen LogP contribution in [0.2, 0.25) is 0 Å². The molecule has 0 saturated carbocycles. The number of hydrogen-bond acceptors (Lipinski definition) is 5. The molecule has 0 fully saturated rings. The number of para-hydroxylation sites is 2. The Morgan fingerprint density at radius 2 is 1.55 bits per heavy atom. The van der Waals surface area contributed by atoms with E-state index < -0.39 is 24.2 Å². The van der Waals surface area contributed by atoms with Gasteiger partial charge in [0.1, 0.15) is 25.4 Å². The van der Waals surface area contributed by atoms with E-state index in [1.165, 1.54) is 0 Å². The molecule has 0 radical (unpaired) electrons. The highest BCUT2D eigenvalue weighted by atomic mass is 16.6. The molecule has 0 bridgehead atoms. The Morgan fingerprint density at radius 3 is 2.21 bits per heavy atom. The summed E-state index contributed by atoms with van der Waals surface area (Å²) in [5.74, 6) is -0.0897. The van der Waals surface area contributed by atoms with Crippen molar-refractivity contribution in [3.05, 3.63) is 83.9 Å². The van der Waals surface area contributed by atoms with Crippen LogP contribution in [0, 0.1) is 0 Å². The zero-order chi connectivity index (χ0) is 22.8. The van der Waals surface area contributed by atoms with Gasteiger partial charge in [0, 0.05) is 12.3 Å². The van der Waals surface area contributed by atoms with Gasteiger partial charge in [-0.05, 0) is 34.4 Å². The topological polar surface area (TPSA) is 94.1 Å². The van der Waals surface area contributed by atoms with E-state index in [0.29, 0.717) is 11.5 Å². The lowest BCUT2D eigenvalue weighted by Gasteiger charge is -2.28. The normalized spacial score (nSPS) is 16.9. The van der Waals surface area contributed by atoms with Gasteiger partial charge in [0.2, 0.25) is 0 Å². The van der Waals surface area contributed by atoms with Crippen molar-refractivity contribution in [1.82, 2.24) is 5.32 Å². The molecule has 1 aliphatic heterocycles. The molecule has 0 aromatic heterocycles. The average molecular weight is 445 g/mol. The molecule has 2 atom stereocenters. The number of fused-ring (bicyclic) bond motifs is 4. The Labute approximate surface area is 190 Å². The summed E-state index contributed by atoms with van der Waals surface area (Å²) in [6, 6.07) is 22.1. The minimum absolute atomic E-state index is 0.0495. The summed E-state index contributed by atoms with van der Waals surface area (Å²) in [7, 11) is 0. The fourth-order valence-corrected chi connectivity index (χ4v) is 4.45. The summed E-state index contributed by atoms with van der Waals surface area (Å²) in [6.07, 6.45) is -1.23. The van der Waals surface area contributed by atoms with E-state index in [9.17, 15) is 14.7 Å². The molecule has 33 heavy (non-hydrogen) atoms. The predicted molar refractivity (Wildman–Crippen MR) is 121 cm³/mol. The number of carboxylic acids is 1. The van der Waals surface area contributed by atoms with Crippen molar-refractivity contribution < 1.29 is 28.9 Å². The SMILES string of the molecule is O=C(NC(CC1COc2ccccc2O1)C(=O)O)OCC1c2ccccc2-c2ccccc21. The average Bonchev–Trinajstić information content (AvgIpc) is 3.16. The first-order valence-corrected chi connectivity index (χ1v) is 10.8. The molecule has 2 aliphatic rings. The highest BCUT2D eigenvalue weighted by Crippen LogP contribution is 2.44. The molecule has 7 heteroatoms. The predicted octanol–water partition coefficient (Wildman–Crippen LogP) is 4.21. The van der Waals surface area contributed by atoms with Crippen LogP contribution in [0.5, 0.6) is 11.5 Å². The van der Waals surface area contributed by atoms with Gasteiger partial charge in [0.15, 0.2) is 11.5 Å². The van der Waals surface area contributed by atoms with Crippen LogP contribution >= 0.6 is 0 Å². The number of hydrogen-bond donors (Lipinski definition) is 2. The molecule has 5 rings (SSSR count). The molecule has 168 valence electrons. The second kappa shape index (κ2) is 8.86. The third-order valence-corrected chi connectivity index (χ3v) is 6.00. The minimum atomic E-state index is -1.17. The number of alkyl carbamates (subject to hydrolysis) is 1. The van der Waals surface area contributed by atoms with Crippen molar-refractivity contribution in [3.63, 3.8) is 0 Å². The van der Waals surface area contributed by atoms with Crippen molar-refractivity contribution in [2.45, 2.75) is 24.5 Å². The number of carbonyl (C=O) groups is 2. The Balaban J connectivity index is 1.22. The Kier molecular flexibility index (Phi) is 5.60. The van der Waals surface area contributed by atoms with E-state index in [2.05, 4.69) is 17.4 Å². The quantitative estimate of drug-likeness (QED) is 0.590. The highest BCUT2D eigenvalue weighted by molar-refractivity contribution is 5.81. The number of rotatable bonds is 6. The standard InChI is InChI=1S/C26H23NO6/c28-25(29)22(13-16-14-31-23-11-5-6-12-24(23)33-16)27-26(30)32-15-21-19-9-3-1-7-17(19)18-8-2-4-10-20(18)21/h1-12,16,21-22H,13-15H2,(H,27,30)(H,28,29). The monoisotopic (exact) mass is 445 g/mol. The first-order valence-electron chi connectivity index (χ1n) is 10.8. The van der Waals surface area contributed by atoms with Crippen LogP contribution in [0.3, 0.4) is 0 Å². The molecular weight excluding hydrogens is 422 g/mol. The third-order valence-electron chi connectivity index (χ3n) is 6.00. The minimum Gasteiger partial charge on any atom is -0.486 e. The van der Waals surface area contributed by atoms with E-state index in [1.807, 2.05) is 48.5 Å². The van der Waals surface area contributed by atoms with Gasteiger partial charge in [0.05, 0.1) is 0 Å². The molecule has 2 N–H and O–H groups in total. The third kappa shape index (κ3) is 4.22. The van der Waals surface area contributed by atoms with Crippen molar-refractivity contribution in [3.8, 4) is 22.6 Å². The summed E-state index contributed by atoms with van der Waals surface area (Å²) in [4.78, 5) is 24.3. The molecule has 1 aliphatic carbocycles. The number of carbonyl (C=O) groups excluding carboxylic acids is 1. The van der Waals surface area contributed by atoms with Crippen LogP contribution in [-0.4, -0.2) is 42.5 Å². The Hall–Kier alpha value is -4.00. The molecule has 1 heterocycles. The fraction of sp³-hybridized carbons (Fsp3) is 0.231. The molecular formula is C26H23NO6. The Morgan fingerprint density at radius 1 is 0.939 bits per heavy atom. The molecule has 2 unspecified atom stereocenters. The molecule has 0 spiro atoms. The number of benzene rings is 3. The van der Waals surface area contributed by atoms with Crippen LogP contribution in [-0.2, 0) is 9.53 Å². The smallest absolute Gasteiger partial charge is 0.407 e. The van der Waals surface area contributed by atoms with Crippen molar-refractivity contribution >= 4 is 12.1 Å². The van der Waals surface area contributed by atoms with Crippen molar-refractivity contribution in [2.24, 2.45) is 0 Å². The summed E-state index contributed by atoms with van der Waals surface area (Å²) in [5.41, 5.74) is 4.43. The molecule has 0 saturated heterocycles. The van der Waals surface area contributed by atoms with Gasteiger partial charge in [-0.1, -0.05) is 60.7 Å². The molecule has 7 nitrogen and oxygen atoms in total. The maximum atomic E-state index is 12.5. The zero-order valence-corrected chi connectivity index (χ0v) is 17.8. The number of carboxylic acid groups (broad SMARTS) is 1. The number of ether oxygens (including phenoxy) is 3. The first-order chi connectivity index (χ1) is 16.1. The lowest BCUT2D eigenvalue weighted by molar-refractivity contribution is -0.140. The van der Waals surface area contributed by atoms with Gasteiger partial charge in [-0.25, -0.2) is 9.59 Å². The lowest BCUT2D eigenvalue weighted by Crippen LogP contribution is -2.46. The van der Waals surface area contributed by atoms with E-state index in [1.54, 1.807) is 12.1 Å². The lowest BCUT2D eigenvalue weighted by atomic mass is 9.98. The first kappa shape index (κ1) is 20.9. The number of nitrogens with one attached hydrogen (secondary N) is 1. The van der Waals surface area contributed by atoms with E-state index >= 15 is 0 Å². The number of aliphatic carboxylic acids is 1. The van der Waals surface area contributed by atoms with Crippen molar-refractivity contribution in [2.75, 3.05) is 13.2 Å². The number of amides is 1. The Bertz CT molecular complexity index is 1150. The van der Waals surface area contributed by atoms with Crippen LogP contribution in [0.25, 0.3) is 11.1 Å². The van der Waals surface area contributed by atoms with Crippen LogP contribution < -0.4 is 14.8 Å². The second-order valence-corrected chi connectivity index (χ2v) is 8.09. The summed E-state index contributed by atoms with van der Waals surface area (Å²) < 4.78 is 17.0. The molecule has 3 aromatic rings. The van der Waals surface area contributed by atoms with Gasteiger partial charge in [-0.15, -0.1) is 0 Å². The van der Waals surface area contributed by atoms with Crippen LogP contribution in [0.15, 0.2) is 72.8 Å². The van der Waals surface area contributed by atoms with Gasteiger partial charge >= 0.3 is 12.1 Å². The molecule has 3 aromatic carbocycles. The maximum Gasteiger partial charge on any atom is 0.407 e. The summed E-state index contributed by atoms with van der Waals surface area (Å²) in [5, 5.41) is 12.1. The van der Waals surface area contributed by atoms with Gasteiger partial charge in [-0.3, -0.25) is 0 Å². The van der Waals surface area contributed by atoms with Crippen molar-refractivity contribution in [1.29, 1.82) is 0 Å². The summed E-state index contributed by atoms with van der Waals surface area (Å²) in [6.45, 7) is 0.315. The second-order valence-electron chi connectivity index (χ2n) is 8.09. The largest absolute Gasteiger partial charge is 0.486 e.